The van der Waals surface area contributed by atoms with Crippen molar-refractivity contribution in [3.05, 3.63) is 35.9 Å². The molecule has 1 amide bonds. The van der Waals surface area contributed by atoms with Crippen LogP contribution >= 0.6 is 0 Å². The molecule has 0 aliphatic carbocycles. The lowest BCUT2D eigenvalue weighted by molar-refractivity contribution is -0.125. The van der Waals surface area contributed by atoms with Crippen molar-refractivity contribution in [3.8, 4) is 0 Å². The predicted octanol–water partition coefficient (Wildman–Crippen LogP) is 3.06. The summed E-state index contributed by atoms with van der Waals surface area (Å²) in [6.07, 6.45) is 3.47. The van der Waals surface area contributed by atoms with Crippen molar-refractivity contribution < 1.29 is 9.59 Å². The molecule has 5 N–H and O–H groups in total. The van der Waals surface area contributed by atoms with E-state index in [4.69, 9.17) is 11.5 Å². The Hall–Kier alpha value is -1.72. The van der Waals surface area contributed by atoms with Crippen molar-refractivity contribution in [1.82, 2.24) is 5.32 Å². The van der Waals surface area contributed by atoms with Crippen LogP contribution in [0.15, 0.2) is 30.3 Å². The number of hydrogen-bond acceptors (Lipinski definition) is 4. The van der Waals surface area contributed by atoms with Gasteiger partial charge in [-0.2, -0.15) is 0 Å². The molecule has 0 spiro atoms. The minimum absolute atomic E-state index is 0.293. The highest BCUT2D eigenvalue weighted by Crippen LogP contribution is 2.03. The van der Waals surface area contributed by atoms with Gasteiger partial charge in [0.05, 0.1) is 12.1 Å². The predicted molar refractivity (Wildman–Crippen MR) is 111 cm³/mol. The minimum Gasteiger partial charge on any atom is -0.345 e. The molecule has 0 saturated carbocycles. The summed E-state index contributed by atoms with van der Waals surface area (Å²) >= 11 is 0. The molecule has 26 heavy (non-hydrogen) atoms. The molecule has 0 saturated heterocycles. The van der Waals surface area contributed by atoms with E-state index in [0.717, 1.165) is 30.6 Å². The summed E-state index contributed by atoms with van der Waals surface area (Å²) in [6, 6.07) is 8.44. The average Bonchev–Trinajstić information content (AvgIpc) is 2.63. The molecule has 5 nitrogen and oxygen atoms in total. The average molecular weight is 366 g/mol. The molecule has 0 aliphatic rings. The second kappa shape index (κ2) is 18.1. The van der Waals surface area contributed by atoms with E-state index in [1.807, 2.05) is 44.2 Å². The topological polar surface area (TPSA) is 98.2 Å². The van der Waals surface area contributed by atoms with Crippen LogP contribution in [0, 0.1) is 5.92 Å². The van der Waals surface area contributed by atoms with Crippen molar-refractivity contribution in [2.24, 2.45) is 17.4 Å². The molecule has 5 heteroatoms. The van der Waals surface area contributed by atoms with Crippen molar-refractivity contribution in [2.75, 3.05) is 6.54 Å². The zero-order valence-corrected chi connectivity index (χ0v) is 17.2. The Balaban J connectivity index is 0. The monoisotopic (exact) mass is 365 g/mol. The summed E-state index contributed by atoms with van der Waals surface area (Å²) in [5.41, 5.74) is 12.3. The van der Waals surface area contributed by atoms with Gasteiger partial charge in [-0.25, -0.2) is 0 Å². The van der Waals surface area contributed by atoms with Crippen molar-refractivity contribution in [2.45, 2.75) is 72.4 Å². The molecule has 0 fully saturated rings. The van der Waals surface area contributed by atoms with E-state index in [1.54, 1.807) is 0 Å². The fourth-order valence-electron chi connectivity index (χ4n) is 1.93. The first-order valence-corrected chi connectivity index (χ1v) is 9.65. The van der Waals surface area contributed by atoms with Crippen LogP contribution in [-0.2, 0) is 16.0 Å². The molecule has 0 aliphatic heterocycles. The van der Waals surface area contributed by atoms with Gasteiger partial charge in [0, 0.05) is 0 Å². The minimum atomic E-state index is -0.644. The van der Waals surface area contributed by atoms with Crippen LogP contribution in [0.2, 0.25) is 0 Å². The van der Waals surface area contributed by atoms with Gasteiger partial charge in [0.25, 0.3) is 0 Å². The Morgan fingerprint density at radius 2 is 1.65 bits per heavy atom. The third kappa shape index (κ3) is 15.8. The summed E-state index contributed by atoms with van der Waals surface area (Å²) in [5, 5.41) is 2.67. The number of nitrogens with one attached hydrogen (secondary N) is 1. The number of rotatable bonds is 9. The fraction of sp³-hybridized carbons (Fsp3) is 0.619. The zero-order valence-electron chi connectivity index (χ0n) is 17.2. The molecule has 2 unspecified atom stereocenters. The molecule has 1 aromatic carbocycles. The van der Waals surface area contributed by atoms with E-state index in [-0.39, 0.29) is 5.91 Å². The number of carbonyl (C=O) groups is 2. The summed E-state index contributed by atoms with van der Waals surface area (Å²) < 4.78 is 0. The Labute approximate surface area is 159 Å². The van der Waals surface area contributed by atoms with Crippen LogP contribution in [0.1, 0.15) is 59.4 Å². The fourth-order valence-corrected chi connectivity index (χ4v) is 1.93. The lowest BCUT2D eigenvalue weighted by Crippen LogP contribution is -2.47. The largest absolute Gasteiger partial charge is 0.345 e. The van der Waals surface area contributed by atoms with E-state index in [1.165, 1.54) is 0 Å². The second-order valence-electron chi connectivity index (χ2n) is 6.56. The molecule has 0 heterocycles. The smallest absolute Gasteiger partial charge is 0.237 e. The maximum absolute atomic E-state index is 11.9. The Bertz CT molecular complexity index is 447. The maximum atomic E-state index is 11.9. The third-order valence-corrected chi connectivity index (χ3v) is 3.10. The van der Waals surface area contributed by atoms with Gasteiger partial charge in [0.2, 0.25) is 5.91 Å². The molecule has 0 radical (unpaired) electrons. The summed E-state index contributed by atoms with van der Waals surface area (Å²) in [7, 11) is 0. The standard InChI is InChI=1S/C15H23N3O2.C4H10.C2H6/c16-9-5-4-8-13(11-19)18-15(20)14(17)10-12-6-2-1-3-7-12;1-4(2)3;1-2/h1-3,6-7,11,13-14H,4-5,8-10,16-17H2,(H,18,20);4H,1-3H3;1-2H3. The number of amides is 1. The van der Waals surface area contributed by atoms with Crippen LogP contribution in [0.5, 0.6) is 0 Å². The molecule has 1 rings (SSSR count). The number of nitrogens with two attached hydrogens (primary N) is 2. The first kappa shape index (κ1) is 26.5. The lowest BCUT2D eigenvalue weighted by Gasteiger charge is -2.16. The number of hydrogen-bond donors (Lipinski definition) is 3. The first-order valence-electron chi connectivity index (χ1n) is 9.65. The molecular weight excluding hydrogens is 326 g/mol. The van der Waals surface area contributed by atoms with E-state index in [2.05, 4.69) is 26.1 Å². The van der Waals surface area contributed by atoms with Crippen LogP contribution in [0.3, 0.4) is 0 Å². The molecule has 0 aromatic heterocycles. The van der Waals surface area contributed by atoms with E-state index >= 15 is 0 Å². The van der Waals surface area contributed by atoms with Crippen LogP contribution in [0.25, 0.3) is 0 Å². The number of carbonyl (C=O) groups excluding carboxylic acids is 2. The summed E-state index contributed by atoms with van der Waals surface area (Å²) in [6.45, 7) is 11.1. The van der Waals surface area contributed by atoms with Gasteiger partial charge >= 0.3 is 0 Å². The molecule has 0 bridgehead atoms. The first-order chi connectivity index (χ1) is 12.4. The zero-order chi connectivity index (χ0) is 20.4. The second-order valence-corrected chi connectivity index (χ2v) is 6.56. The van der Waals surface area contributed by atoms with Gasteiger partial charge in [-0.15, -0.1) is 0 Å². The lowest BCUT2D eigenvalue weighted by atomic mass is 10.1. The normalized spacial score (nSPS) is 12.0. The van der Waals surface area contributed by atoms with Crippen LogP contribution in [0.4, 0.5) is 0 Å². The highest BCUT2D eigenvalue weighted by molar-refractivity contribution is 5.84. The summed E-state index contributed by atoms with van der Waals surface area (Å²) in [4.78, 5) is 22.9. The highest BCUT2D eigenvalue weighted by atomic mass is 16.2. The van der Waals surface area contributed by atoms with Gasteiger partial charge in [-0.3, -0.25) is 4.79 Å². The molecule has 150 valence electrons. The van der Waals surface area contributed by atoms with Gasteiger partial charge in [-0.05, 0) is 43.7 Å². The Morgan fingerprint density at radius 1 is 1.12 bits per heavy atom. The third-order valence-electron chi connectivity index (χ3n) is 3.10. The molecule has 2 atom stereocenters. The summed E-state index contributed by atoms with van der Waals surface area (Å²) in [5.74, 6) is 0.540. The quantitative estimate of drug-likeness (QED) is 0.463. The van der Waals surface area contributed by atoms with Gasteiger partial charge in [0.15, 0.2) is 0 Å². The van der Waals surface area contributed by atoms with E-state index in [9.17, 15) is 9.59 Å². The van der Waals surface area contributed by atoms with Crippen molar-refractivity contribution in [1.29, 1.82) is 0 Å². The number of aldehydes is 1. The van der Waals surface area contributed by atoms with Gasteiger partial charge < -0.3 is 21.6 Å². The maximum Gasteiger partial charge on any atom is 0.237 e. The van der Waals surface area contributed by atoms with Crippen LogP contribution in [-0.4, -0.2) is 30.8 Å². The Kier molecular flexibility index (Phi) is 18.4. The van der Waals surface area contributed by atoms with Crippen molar-refractivity contribution >= 4 is 12.2 Å². The van der Waals surface area contributed by atoms with Gasteiger partial charge in [-0.1, -0.05) is 65.0 Å². The molecule has 1 aromatic rings. The number of benzene rings is 1. The van der Waals surface area contributed by atoms with Crippen LogP contribution < -0.4 is 16.8 Å². The van der Waals surface area contributed by atoms with E-state index < -0.39 is 12.1 Å². The SMILES string of the molecule is CC.CC(C)C.NCCCCC(C=O)NC(=O)C(N)Cc1ccccc1. The highest BCUT2D eigenvalue weighted by Gasteiger charge is 2.17. The molecular formula is C21H39N3O2. The van der Waals surface area contributed by atoms with E-state index in [0.29, 0.717) is 19.4 Å². The van der Waals surface area contributed by atoms with Crippen molar-refractivity contribution in [3.63, 3.8) is 0 Å². The van der Waals surface area contributed by atoms with Gasteiger partial charge in [0.1, 0.15) is 6.29 Å². The Morgan fingerprint density at radius 3 is 2.12 bits per heavy atom. The number of unbranched alkanes of at least 4 members (excludes halogenated alkanes) is 1.